The summed E-state index contributed by atoms with van der Waals surface area (Å²) in [7, 11) is 1.78. The molecule has 1 amide bonds. The molecule has 1 aromatic rings. The normalized spacial score (nSPS) is 14.1. The molecule has 0 saturated carbocycles. The first-order valence-electron chi connectivity index (χ1n) is 5.41. The van der Waals surface area contributed by atoms with Gasteiger partial charge in [0, 0.05) is 19.2 Å². The standard InChI is InChI=1S/C10H12N2O.C2H6/c1-7-3-4-8-5-6-9(13)12(2)10(8)11-7;1-2/h3-4H,5-6H2,1-2H3;1-2H3. The molecule has 0 fully saturated rings. The molecule has 3 heteroatoms. The molecule has 1 aliphatic rings. The Morgan fingerprint density at radius 1 is 1.27 bits per heavy atom. The van der Waals surface area contributed by atoms with Crippen molar-refractivity contribution in [1.82, 2.24) is 4.98 Å². The number of hydrogen-bond acceptors (Lipinski definition) is 2. The van der Waals surface area contributed by atoms with Crippen molar-refractivity contribution in [3.63, 3.8) is 0 Å². The lowest BCUT2D eigenvalue weighted by atomic mass is 10.1. The average molecular weight is 206 g/mol. The highest BCUT2D eigenvalue weighted by Gasteiger charge is 2.21. The number of carbonyl (C=O) groups is 1. The van der Waals surface area contributed by atoms with Crippen LogP contribution in [0.15, 0.2) is 12.1 Å². The minimum Gasteiger partial charge on any atom is -0.300 e. The second kappa shape index (κ2) is 4.91. The third-order valence-electron chi connectivity index (χ3n) is 2.40. The largest absolute Gasteiger partial charge is 0.300 e. The SMILES string of the molecule is CC.Cc1ccc2c(n1)N(C)C(=O)CC2. The van der Waals surface area contributed by atoms with E-state index in [0.717, 1.165) is 17.9 Å². The van der Waals surface area contributed by atoms with E-state index in [0.29, 0.717) is 6.42 Å². The summed E-state index contributed by atoms with van der Waals surface area (Å²) in [5.41, 5.74) is 2.13. The monoisotopic (exact) mass is 206 g/mol. The van der Waals surface area contributed by atoms with Crippen molar-refractivity contribution in [3.8, 4) is 0 Å². The van der Waals surface area contributed by atoms with Gasteiger partial charge in [-0.25, -0.2) is 4.98 Å². The van der Waals surface area contributed by atoms with Gasteiger partial charge in [0.05, 0.1) is 0 Å². The number of rotatable bonds is 0. The summed E-state index contributed by atoms with van der Waals surface area (Å²) in [5, 5.41) is 0. The first kappa shape index (κ1) is 11.7. The molecule has 3 nitrogen and oxygen atoms in total. The Balaban J connectivity index is 0.000000531. The molecule has 15 heavy (non-hydrogen) atoms. The van der Waals surface area contributed by atoms with Crippen LogP contribution in [0.5, 0.6) is 0 Å². The van der Waals surface area contributed by atoms with Crippen LogP contribution < -0.4 is 4.90 Å². The van der Waals surface area contributed by atoms with Crippen LogP contribution in [0.4, 0.5) is 5.82 Å². The summed E-state index contributed by atoms with van der Waals surface area (Å²) in [4.78, 5) is 17.3. The lowest BCUT2D eigenvalue weighted by Gasteiger charge is -2.24. The Bertz CT molecular complexity index is 361. The van der Waals surface area contributed by atoms with Gasteiger partial charge in [-0.15, -0.1) is 0 Å². The van der Waals surface area contributed by atoms with E-state index < -0.39 is 0 Å². The molecule has 2 rings (SSSR count). The summed E-state index contributed by atoms with van der Waals surface area (Å²) >= 11 is 0. The van der Waals surface area contributed by atoms with Crippen LogP contribution in [0.1, 0.15) is 31.5 Å². The molecule has 1 aliphatic heterocycles. The highest BCUT2D eigenvalue weighted by molar-refractivity contribution is 5.94. The van der Waals surface area contributed by atoms with E-state index in [1.807, 2.05) is 26.8 Å². The lowest BCUT2D eigenvalue weighted by Crippen LogP contribution is -2.32. The maximum atomic E-state index is 11.4. The molecule has 82 valence electrons. The van der Waals surface area contributed by atoms with Gasteiger partial charge in [-0.2, -0.15) is 0 Å². The van der Waals surface area contributed by atoms with E-state index in [1.54, 1.807) is 11.9 Å². The number of anilines is 1. The van der Waals surface area contributed by atoms with Crippen LogP contribution in [0, 0.1) is 6.92 Å². The zero-order chi connectivity index (χ0) is 11.4. The average Bonchev–Trinajstić information content (AvgIpc) is 2.27. The minimum atomic E-state index is 0.158. The summed E-state index contributed by atoms with van der Waals surface area (Å²) in [6, 6.07) is 4.04. The van der Waals surface area contributed by atoms with Gasteiger partial charge in [0.25, 0.3) is 0 Å². The van der Waals surface area contributed by atoms with Gasteiger partial charge in [0.2, 0.25) is 5.91 Å². The highest BCUT2D eigenvalue weighted by atomic mass is 16.2. The quantitative estimate of drug-likeness (QED) is 0.652. The fraction of sp³-hybridized carbons (Fsp3) is 0.500. The zero-order valence-corrected chi connectivity index (χ0v) is 9.87. The van der Waals surface area contributed by atoms with E-state index in [4.69, 9.17) is 0 Å². The molecule has 0 bridgehead atoms. The van der Waals surface area contributed by atoms with Crippen molar-refractivity contribution in [2.24, 2.45) is 0 Å². The van der Waals surface area contributed by atoms with Gasteiger partial charge in [0.15, 0.2) is 0 Å². The molecule has 0 saturated heterocycles. The molecule has 2 heterocycles. The number of amides is 1. The Morgan fingerprint density at radius 3 is 2.60 bits per heavy atom. The van der Waals surface area contributed by atoms with Crippen LogP contribution in [-0.2, 0) is 11.2 Å². The molecule has 1 aromatic heterocycles. The number of pyridine rings is 1. The second-order valence-corrected chi connectivity index (χ2v) is 3.39. The van der Waals surface area contributed by atoms with Crippen LogP contribution in [0.3, 0.4) is 0 Å². The van der Waals surface area contributed by atoms with E-state index in [2.05, 4.69) is 11.1 Å². The molecule has 0 spiro atoms. The summed E-state index contributed by atoms with van der Waals surface area (Å²) < 4.78 is 0. The van der Waals surface area contributed by atoms with Crippen molar-refractivity contribution < 1.29 is 4.79 Å². The van der Waals surface area contributed by atoms with E-state index in [1.165, 1.54) is 5.56 Å². The second-order valence-electron chi connectivity index (χ2n) is 3.39. The highest BCUT2D eigenvalue weighted by Crippen LogP contribution is 2.24. The fourth-order valence-corrected chi connectivity index (χ4v) is 1.58. The first-order valence-corrected chi connectivity index (χ1v) is 5.41. The topological polar surface area (TPSA) is 33.2 Å². The van der Waals surface area contributed by atoms with Gasteiger partial charge < -0.3 is 0 Å². The predicted octanol–water partition coefficient (Wildman–Crippen LogP) is 2.33. The van der Waals surface area contributed by atoms with Crippen molar-refractivity contribution >= 4 is 11.7 Å². The summed E-state index contributed by atoms with van der Waals surface area (Å²) in [6.45, 7) is 5.94. The minimum absolute atomic E-state index is 0.158. The molecule has 0 atom stereocenters. The zero-order valence-electron chi connectivity index (χ0n) is 9.87. The number of nitrogens with zero attached hydrogens (tertiary/aromatic N) is 2. The van der Waals surface area contributed by atoms with Gasteiger partial charge >= 0.3 is 0 Å². The number of fused-ring (bicyclic) bond motifs is 1. The van der Waals surface area contributed by atoms with E-state index in [9.17, 15) is 4.79 Å². The maximum Gasteiger partial charge on any atom is 0.228 e. The molecular weight excluding hydrogens is 188 g/mol. The Kier molecular flexibility index (Phi) is 3.83. The molecule has 0 aliphatic carbocycles. The maximum absolute atomic E-state index is 11.4. The predicted molar refractivity (Wildman–Crippen MR) is 62.1 cm³/mol. The smallest absolute Gasteiger partial charge is 0.228 e. The first-order chi connectivity index (χ1) is 7.18. The number of carbonyl (C=O) groups excluding carboxylic acids is 1. The number of hydrogen-bond donors (Lipinski definition) is 0. The van der Waals surface area contributed by atoms with Crippen molar-refractivity contribution in [1.29, 1.82) is 0 Å². The number of aromatic nitrogens is 1. The van der Waals surface area contributed by atoms with E-state index in [-0.39, 0.29) is 5.91 Å². The fourth-order valence-electron chi connectivity index (χ4n) is 1.58. The van der Waals surface area contributed by atoms with Gasteiger partial charge in [-0.3, -0.25) is 9.69 Å². The number of aryl methyl sites for hydroxylation is 2. The van der Waals surface area contributed by atoms with Crippen molar-refractivity contribution in [2.45, 2.75) is 33.6 Å². The third kappa shape index (κ3) is 2.35. The van der Waals surface area contributed by atoms with Crippen LogP contribution in [-0.4, -0.2) is 17.9 Å². The molecule has 0 unspecified atom stereocenters. The van der Waals surface area contributed by atoms with Gasteiger partial charge in [-0.05, 0) is 25.0 Å². The Labute approximate surface area is 91.1 Å². The lowest BCUT2D eigenvalue weighted by molar-refractivity contribution is -0.118. The van der Waals surface area contributed by atoms with Gasteiger partial charge in [-0.1, -0.05) is 19.9 Å². The Morgan fingerprint density at radius 2 is 1.93 bits per heavy atom. The summed E-state index contributed by atoms with van der Waals surface area (Å²) in [6.07, 6.45) is 1.43. The Hall–Kier alpha value is -1.38. The van der Waals surface area contributed by atoms with Crippen LogP contribution in [0.2, 0.25) is 0 Å². The molecule has 0 N–H and O–H groups in total. The molecule has 0 aromatic carbocycles. The molecular formula is C12H18N2O. The molecule has 0 radical (unpaired) electrons. The van der Waals surface area contributed by atoms with E-state index >= 15 is 0 Å². The van der Waals surface area contributed by atoms with Crippen molar-refractivity contribution in [2.75, 3.05) is 11.9 Å². The summed E-state index contributed by atoms with van der Waals surface area (Å²) in [5.74, 6) is 0.988. The third-order valence-corrected chi connectivity index (χ3v) is 2.40. The van der Waals surface area contributed by atoms with Crippen molar-refractivity contribution in [3.05, 3.63) is 23.4 Å². The van der Waals surface area contributed by atoms with Gasteiger partial charge in [0.1, 0.15) is 5.82 Å². The van der Waals surface area contributed by atoms with Crippen LogP contribution in [0.25, 0.3) is 0 Å². The van der Waals surface area contributed by atoms with Crippen LogP contribution >= 0.6 is 0 Å².